The van der Waals surface area contributed by atoms with Gasteiger partial charge in [0.1, 0.15) is 0 Å². The van der Waals surface area contributed by atoms with Gasteiger partial charge in [-0.05, 0) is 46.9 Å². The van der Waals surface area contributed by atoms with Gasteiger partial charge in [0, 0.05) is 33.0 Å². The molecule has 0 saturated carbocycles. The standard InChI is InChI=1S/C8H18O3Si.C6H9ClSi.C4H6Cl2Si.C4H12O2Si.C3H6Cl2Si.C2H3Cl3Si/c1-5-9-12(8-4,10-6-2)11-7-3;1-4-8(7,5-2)6-3;1-3-7(5,6)4-2;1-3-5-7-6-4-2;1-3-6(2,4)5;1-2-6(3,4)5/h8H,4-7H2,1-3H3;4-6H,1-3H2;3-4H,1-2H2;3-4,7H2,1-2H3;3H,1H2,2H3;2H,1H2. The Labute approximate surface area is 325 Å². The second-order valence-electron chi connectivity index (χ2n) is 7.64. The highest BCUT2D eigenvalue weighted by Gasteiger charge is 2.36. The van der Waals surface area contributed by atoms with E-state index in [1.165, 1.54) is 5.70 Å². The van der Waals surface area contributed by atoms with Crippen molar-refractivity contribution in [2.24, 2.45) is 0 Å². The van der Waals surface area contributed by atoms with Crippen LogP contribution in [0.5, 0.6) is 0 Å². The van der Waals surface area contributed by atoms with E-state index >= 15 is 0 Å². The van der Waals surface area contributed by atoms with Crippen LogP contribution >= 0.6 is 88.6 Å². The van der Waals surface area contributed by atoms with Gasteiger partial charge in [-0.1, -0.05) is 46.5 Å². The molecule has 0 aliphatic heterocycles. The third kappa shape index (κ3) is 52.2. The predicted molar refractivity (Wildman–Crippen MR) is 230 cm³/mol. The average Bonchev–Trinajstić information content (AvgIpc) is 3.02. The smallest absolute Gasteiger partial charge is 0.399 e. The molecular formula is C27H54Cl8O5Si6. The normalized spacial score (nSPS) is 10.7. The maximum Gasteiger partial charge on any atom is 0.528 e. The summed E-state index contributed by atoms with van der Waals surface area (Å²) < 4.78 is 26.3. The summed E-state index contributed by atoms with van der Waals surface area (Å²) in [6, 6.07) is -2.45. The summed E-state index contributed by atoms with van der Waals surface area (Å²) in [5.41, 5.74) is 12.9. The molecule has 0 radical (unpaired) electrons. The van der Waals surface area contributed by atoms with E-state index in [1.807, 2.05) is 34.6 Å². The van der Waals surface area contributed by atoms with E-state index < -0.39 is 45.6 Å². The summed E-state index contributed by atoms with van der Waals surface area (Å²) in [6.07, 6.45) is 0. The van der Waals surface area contributed by atoms with Crippen LogP contribution in [-0.4, -0.2) is 78.6 Å². The number of rotatable bonds is 18. The first-order valence-corrected chi connectivity index (χ1v) is 33.8. The summed E-state index contributed by atoms with van der Waals surface area (Å²) in [6.45, 7) is 38.7. The molecule has 19 heteroatoms. The maximum absolute atomic E-state index is 5.88. The van der Waals surface area contributed by atoms with Crippen molar-refractivity contribution in [1.29, 1.82) is 0 Å². The Morgan fingerprint density at radius 2 is 0.761 bits per heavy atom. The molecular weight excluding hydrogens is 856 g/mol. The minimum Gasteiger partial charge on any atom is -0.399 e. The van der Waals surface area contributed by atoms with Crippen molar-refractivity contribution in [2.45, 2.75) is 41.2 Å². The van der Waals surface area contributed by atoms with Crippen molar-refractivity contribution < 1.29 is 22.1 Å². The van der Waals surface area contributed by atoms with Crippen LogP contribution in [0.1, 0.15) is 34.6 Å². The Balaban J connectivity index is -0.000000107. The van der Waals surface area contributed by atoms with E-state index in [1.54, 1.807) is 46.4 Å². The molecule has 0 fully saturated rings. The molecule has 272 valence electrons. The van der Waals surface area contributed by atoms with Crippen LogP contribution in [0.2, 0.25) is 6.55 Å². The van der Waals surface area contributed by atoms with Gasteiger partial charge in [-0.15, -0.1) is 124 Å². The highest BCUT2D eigenvalue weighted by atomic mass is 35.8. The summed E-state index contributed by atoms with van der Waals surface area (Å²) in [7, 11) is -5.00. The minimum absolute atomic E-state index is 0.589. The van der Waals surface area contributed by atoms with Crippen molar-refractivity contribution in [1.82, 2.24) is 0 Å². The molecule has 0 aliphatic rings. The topological polar surface area (TPSA) is 46.2 Å². The molecule has 0 aromatic carbocycles. The molecule has 0 rings (SSSR count). The van der Waals surface area contributed by atoms with Crippen molar-refractivity contribution >= 4 is 134 Å². The second kappa shape index (κ2) is 37.6. The molecule has 0 saturated heterocycles. The van der Waals surface area contributed by atoms with Gasteiger partial charge in [0.25, 0.3) is 13.4 Å². The van der Waals surface area contributed by atoms with E-state index in [2.05, 4.69) is 52.6 Å². The zero-order valence-corrected chi connectivity index (χ0v) is 40.5. The lowest BCUT2D eigenvalue weighted by molar-refractivity contribution is 0.0844. The van der Waals surface area contributed by atoms with Gasteiger partial charge >= 0.3 is 24.8 Å². The lowest BCUT2D eigenvalue weighted by atomic mass is 10.9. The minimum atomic E-state index is -2.51. The van der Waals surface area contributed by atoms with Gasteiger partial charge in [-0.2, -0.15) is 11.1 Å². The Hall–Kier alpha value is 1.34. The van der Waals surface area contributed by atoms with Crippen LogP contribution in [-0.2, 0) is 22.1 Å². The summed E-state index contributed by atoms with van der Waals surface area (Å²) in [5.74, 6) is 0. The van der Waals surface area contributed by atoms with Crippen molar-refractivity contribution in [3.05, 3.63) is 98.2 Å². The van der Waals surface area contributed by atoms with Crippen LogP contribution in [0.15, 0.2) is 98.2 Å². The van der Waals surface area contributed by atoms with Crippen LogP contribution in [0.3, 0.4) is 0 Å². The van der Waals surface area contributed by atoms with Crippen molar-refractivity contribution in [2.75, 3.05) is 33.0 Å². The molecule has 0 heterocycles. The first kappa shape index (κ1) is 59.5. The fourth-order valence-electron chi connectivity index (χ4n) is 1.46. The van der Waals surface area contributed by atoms with Crippen LogP contribution < -0.4 is 0 Å². The summed E-state index contributed by atoms with van der Waals surface area (Å²) in [4.78, 5) is 0. The molecule has 0 atom stereocenters. The van der Waals surface area contributed by atoms with Gasteiger partial charge in [-0.25, -0.2) is 0 Å². The zero-order chi connectivity index (χ0) is 37.9. The van der Waals surface area contributed by atoms with E-state index in [0.717, 1.165) is 13.2 Å². The zero-order valence-electron chi connectivity index (χ0n) is 28.1. The summed E-state index contributed by atoms with van der Waals surface area (Å²) in [5, 5.41) is 0. The van der Waals surface area contributed by atoms with E-state index in [0.29, 0.717) is 19.8 Å². The SMILES string of the molecule is C=C[Si](C)(Cl)Cl.C=C[Si](Cl)(C=C)C=C.C=C[Si](Cl)(Cl)C=C.C=C[Si](Cl)(Cl)Cl.C=C[Si](OCC)(OCC)OCC.CCO[SiH2]OCC. The summed E-state index contributed by atoms with van der Waals surface area (Å²) >= 11 is 43.8. The molecule has 5 nitrogen and oxygen atoms in total. The molecule has 46 heavy (non-hydrogen) atoms. The Kier molecular flexibility index (Phi) is 48.6. The van der Waals surface area contributed by atoms with Gasteiger partial charge in [0.15, 0.2) is 0 Å². The van der Waals surface area contributed by atoms with E-state index in [-0.39, 0.29) is 0 Å². The third-order valence-electron chi connectivity index (χ3n) is 3.93. The highest BCUT2D eigenvalue weighted by Crippen LogP contribution is 2.19. The highest BCUT2D eigenvalue weighted by molar-refractivity contribution is 7.66. The second-order valence-corrected chi connectivity index (χ2v) is 38.7. The van der Waals surface area contributed by atoms with Gasteiger partial charge in [0.2, 0.25) is 7.38 Å². The van der Waals surface area contributed by atoms with Crippen LogP contribution in [0.4, 0.5) is 0 Å². The number of hydrogen-bond donors (Lipinski definition) is 0. The molecule has 0 N–H and O–H groups in total. The first-order chi connectivity index (χ1) is 21.1. The lowest BCUT2D eigenvalue weighted by Crippen LogP contribution is -2.44. The molecule has 0 unspecified atom stereocenters. The van der Waals surface area contributed by atoms with Gasteiger partial charge in [0.05, 0.1) is 0 Å². The number of halogens is 8. The maximum atomic E-state index is 5.88. The van der Waals surface area contributed by atoms with Crippen molar-refractivity contribution in [3.8, 4) is 0 Å². The monoisotopic (exact) mass is 906 g/mol. The quantitative estimate of drug-likeness (QED) is 0.0779. The molecule has 0 spiro atoms. The van der Waals surface area contributed by atoms with Gasteiger partial charge < -0.3 is 22.1 Å². The Morgan fingerprint density at radius 1 is 0.478 bits per heavy atom. The lowest BCUT2D eigenvalue weighted by Gasteiger charge is -2.24. The van der Waals surface area contributed by atoms with Crippen LogP contribution in [0, 0.1) is 0 Å². The first-order valence-electron chi connectivity index (χ1n) is 13.8. The van der Waals surface area contributed by atoms with Crippen LogP contribution in [0.25, 0.3) is 0 Å². The average molecular weight is 911 g/mol. The third-order valence-corrected chi connectivity index (χ3v) is 17.4. The molecule has 0 bridgehead atoms. The fraction of sp³-hybridized carbons (Fsp3) is 0.407. The van der Waals surface area contributed by atoms with Crippen molar-refractivity contribution in [3.63, 3.8) is 0 Å². The molecule has 0 aliphatic carbocycles. The molecule has 0 aromatic heterocycles. The molecule has 0 amide bonds. The Morgan fingerprint density at radius 3 is 0.848 bits per heavy atom. The number of hydrogen-bond acceptors (Lipinski definition) is 5. The Bertz CT molecular complexity index is 744. The fourth-order valence-corrected chi connectivity index (χ4v) is 4.39. The van der Waals surface area contributed by atoms with E-state index in [9.17, 15) is 0 Å². The largest absolute Gasteiger partial charge is 0.528 e. The predicted octanol–water partition coefficient (Wildman–Crippen LogP) is 11.1. The molecule has 0 aromatic rings. The van der Waals surface area contributed by atoms with Gasteiger partial charge in [-0.3, -0.25) is 0 Å². The van der Waals surface area contributed by atoms with E-state index in [4.69, 9.17) is 111 Å².